The zero-order chi connectivity index (χ0) is 23.6. The van der Waals surface area contributed by atoms with Crippen molar-refractivity contribution in [2.45, 2.75) is 26.4 Å². The molecule has 0 amide bonds. The molecule has 1 N–H and O–H groups in total. The first-order valence-corrected chi connectivity index (χ1v) is 10.5. The van der Waals surface area contributed by atoms with Gasteiger partial charge in [-0.1, -0.05) is 65.8 Å². The first-order chi connectivity index (χ1) is 15.8. The number of rotatable bonds is 7. The van der Waals surface area contributed by atoms with Gasteiger partial charge < -0.3 is 14.4 Å². The largest absolute Gasteiger partial charge is 0.455 e. The summed E-state index contributed by atoms with van der Waals surface area (Å²) in [5.41, 5.74) is 0.520. The first kappa shape index (κ1) is 22.2. The van der Waals surface area contributed by atoms with Crippen molar-refractivity contribution < 1.29 is 24.0 Å². The fraction of sp³-hybridized carbons (Fsp3) is 0.192. The Morgan fingerprint density at radius 3 is 2.06 bits per heavy atom. The van der Waals surface area contributed by atoms with Crippen molar-refractivity contribution in [3.8, 4) is 5.82 Å². The van der Waals surface area contributed by atoms with Crippen LogP contribution in [-0.2, 0) is 15.1 Å². The predicted octanol–water partition coefficient (Wildman–Crippen LogP) is 4.05. The second-order valence-electron chi connectivity index (χ2n) is 7.86. The van der Waals surface area contributed by atoms with Crippen LogP contribution in [0.3, 0.4) is 0 Å². The number of aromatic nitrogens is 2. The molecule has 0 spiro atoms. The lowest BCUT2D eigenvalue weighted by molar-refractivity contribution is -0.160. The van der Waals surface area contributed by atoms with Gasteiger partial charge >= 0.3 is 5.97 Å². The standard InChI is InChI=1S/C26H24N2O5/c1-17-14-22(19(3)28(17)24-15-18(2)33-27-24)23(29)16-32-25(30)26(31,20-10-6-4-7-11-20)21-12-8-5-9-13-21/h4-15,31H,16H2,1-3H3. The average Bonchev–Trinajstić information content (AvgIpc) is 3.39. The molecule has 0 atom stereocenters. The minimum absolute atomic E-state index is 0.355. The highest BCUT2D eigenvalue weighted by Crippen LogP contribution is 2.31. The van der Waals surface area contributed by atoms with Gasteiger partial charge in [0.2, 0.25) is 11.4 Å². The summed E-state index contributed by atoms with van der Waals surface area (Å²) in [5.74, 6) is -0.0814. The number of Topliss-reactive ketones (excluding diaryl/α,β-unsaturated/α-hetero) is 1. The molecule has 168 valence electrons. The number of ketones is 1. The van der Waals surface area contributed by atoms with Gasteiger partial charge in [0.1, 0.15) is 5.76 Å². The number of nitrogens with zero attached hydrogens (tertiary/aromatic N) is 2. The summed E-state index contributed by atoms with van der Waals surface area (Å²) < 4.78 is 12.3. The van der Waals surface area contributed by atoms with Crippen LogP contribution in [-0.4, -0.2) is 33.2 Å². The van der Waals surface area contributed by atoms with Gasteiger partial charge in [0.15, 0.2) is 12.4 Å². The Morgan fingerprint density at radius 1 is 0.970 bits per heavy atom. The zero-order valence-corrected chi connectivity index (χ0v) is 18.6. The smallest absolute Gasteiger partial charge is 0.348 e. The van der Waals surface area contributed by atoms with Crippen LogP contribution >= 0.6 is 0 Å². The monoisotopic (exact) mass is 444 g/mol. The van der Waals surface area contributed by atoms with E-state index in [4.69, 9.17) is 9.26 Å². The summed E-state index contributed by atoms with van der Waals surface area (Å²) >= 11 is 0. The van der Waals surface area contributed by atoms with Crippen LogP contribution in [0.2, 0.25) is 0 Å². The molecule has 4 aromatic rings. The highest BCUT2D eigenvalue weighted by molar-refractivity contribution is 6.00. The van der Waals surface area contributed by atoms with Gasteiger partial charge in [-0.15, -0.1) is 0 Å². The van der Waals surface area contributed by atoms with Crippen LogP contribution in [0, 0.1) is 20.8 Å². The van der Waals surface area contributed by atoms with E-state index in [1.165, 1.54) is 0 Å². The molecular formula is C26H24N2O5. The fourth-order valence-electron chi connectivity index (χ4n) is 3.93. The van der Waals surface area contributed by atoms with E-state index in [0.717, 1.165) is 5.69 Å². The Bertz CT molecular complexity index is 1250. The molecule has 0 aliphatic heterocycles. The minimum atomic E-state index is -2.04. The Balaban J connectivity index is 1.58. The van der Waals surface area contributed by atoms with Crippen molar-refractivity contribution in [1.82, 2.24) is 9.72 Å². The summed E-state index contributed by atoms with van der Waals surface area (Å²) in [6.07, 6.45) is 0. The van der Waals surface area contributed by atoms with Gasteiger partial charge in [-0.05, 0) is 38.0 Å². The third kappa shape index (κ3) is 4.10. The molecule has 0 radical (unpaired) electrons. The van der Waals surface area contributed by atoms with Crippen LogP contribution in [0.1, 0.15) is 38.6 Å². The van der Waals surface area contributed by atoms with E-state index in [1.54, 1.807) is 91.2 Å². The van der Waals surface area contributed by atoms with Crippen molar-refractivity contribution in [2.75, 3.05) is 6.61 Å². The number of aryl methyl sites for hydroxylation is 2. The summed E-state index contributed by atoms with van der Waals surface area (Å²) in [6, 6.07) is 20.5. The minimum Gasteiger partial charge on any atom is -0.455 e. The predicted molar refractivity (Wildman–Crippen MR) is 121 cm³/mol. The molecule has 0 saturated carbocycles. The Morgan fingerprint density at radius 2 is 1.55 bits per heavy atom. The molecule has 7 nitrogen and oxygen atoms in total. The van der Waals surface area contributed by atoms with E-state index in [2.05, 4.69) is 5.16 Å². The van der Waals surface area contributed by atoms with Crippen LogP contribution in [0.5, 0.6) is 0 Å². The highest BCUT2D eigenvalue weighted by atomic mass is 16.6. The molecular weight excluding hydrogens is 420 g/mol. The van der Waals surface area contributed by atoms with Gasteiger partial charge in [0, 0.05) is 23.0 Å². The van der Waals surface area contributed by atoms with Crippen molar-refractivity contribution >= 4 is 11.8 Å². The highest BCUT2D eigenvalue weighted by Gasteiger charge is 2.42. The SMILES string of the molecule is Cc1cc(-n2c(C)cc(C(=O)COC(=O)C(O)(c3ccccc3)c3ccccc3)c2C)no1. The summed E-state index contributed by atoms with van der Waals surface area (Å²) in [7, 11) is 0. The Labute approximate surface area is 191 Å². The molecule has 0 saturated heterocycles. The van der Waals surface area contributed by atoms with Gasteiger partial charge in [0.05, 0.1) is 0 Å². The molecule has 33 heavy (non-hydrogen) atoms. The molecule has 0 bridgehead atoms. The maximum Gasteiger partial charge on any atom is 0.348 e. The van der Waals surface area contributed by atoms with Crippen molar-refractivity contribution in [1.29, 1.82) is 0 Å². The molecule has 7 heteroatoms. The van der Waals surface area contributed by atoms with E-state index < -0.39 is 18.2 Å². The Kier molecular flexibility index (Phi) is 5.98. The zero-order valence-electron chi connectivity index (χ0n) is 18.6. The lowest BCUT2D eigenvalue weighted by Gasteiger charge is -2.26. The molecule has 2 heterocycles. The van der Waals surface area contributed by atoms with E-state index in [-0.39, 0.29) is 5.78 Å². The fourth-order valence-corrected chi connectivity index (χ4v) is 3.93. The second kappa shape index (κ2) is 8.88. The normalized spacial score (nSPS) is 11.4. The van der Waals surface area contributed by atoms with Crippen LogP contribution in [0.15, 0.2) is 77.3 Å². The van der Waals surface area contributed by atoms with Gasteiger partial charge in [0.25, 0.3) is 0 Å². The maximum atomic E-state index is 13.1. The molecule has 0 aliphatic carbocycles. The quantitative estimate of drug-likeness (QED) is 0.341. The number of carbonyl (C=O) groups is 2. The number of hydrogen-bond acceptors (Lipinski definition) is 6. The van der Waals surface area contributed by atoms with Gasteiger partial charge in [-0.2, -0.15) is 0 Å². The van der Waals surface area contributed by atoms with Gasteiger partial charge in [-0.3, -0.25) is 9.36 Å². The number of esters is 1. The average molecular weight is 444 g/mol. The van der Waals surface area contributed by atoms with Crippen molar-refractivity contribution in [3.63, 3.8) is 0 Å². The number of benzene rings is 2. The molecule has 0 aliphatic rings. The number of aliphatic hydroxyl groups is 1. The van der Waals surface area contributed by atoms with Crippen LogP contribution < -0.4 is 0 Å². The number of hydrogen-bond donors (Lipinski definition) is 1. The van der Waals surface area contributed by atoms with Crippen molar-refractivity contribution in [3.05, 3.63) is 107 Å². The molecule has 0 fully saturated rings. The molecule has 2 aromatic heterocycles. The third-order valence-electron chi connectivity index (χ3n) is 5.59. The number of carbonyl (C=O) groups excluding carboxylic acids is 2. The number of ether oxygens (including phenoxy) is 1. The summed E-state index contributed by atoms with van der Waals surface area (Å²) in [6.45, 7) is 4.92. The van der Waals surface area contributed by atoms with E-state index >= 15 is 0 Å². The summed E-state index contributed by atoms with van der Waals surface area (Å²) in [5, 5.41) is 15.5. The summed E-state index contributed by atoms with van der Waals surface area (Å²) in [4.78, 5) is 26.1. The topological polar surface area (TPSA) is 94.6 Å². The molecule has 4 rings (SSSR count). The van der Waals surface area contributed by atoms with Crippen molar-refractivity contribution in [2.24, 2.45) is 0 Å². The third-order valence-corrected chi connectivity index (χ3v) is 5.59. The second-order valence-corrected chi connectivity index (χ2v) is 7.86. The molecule has 2 aromatic carbocycles. The Hall–Kier alpha value is -3.97. The van der Waals surface area contributed by atoms with E-state index in [9.17, 15) is 14.7 Å². The van der Waals surface area contributed by atoms with Crippen LogP contribution in [0.4, 0.5) is 0 Å². The maximum absolute atomic E-state index is 13.1. The van der Waals surface area contributed by atoms with E-state index in [1.807, 2.05) is 6.92 Å². The molecule has 0 unspecified atom stereocenters. The van der Waals surface area contributed by atoms with Gasteiger partial charge in [-0.25, -0.2) is 4.79 Å². The lowest BCUT2D eigenvalue weighted by Crippen LogP contribution is -2.39. The van der Waals surface area contributed by atoms with Crippen LogP contribution in [0.25, 0.3) is 5.82 Å². The lowest BCUT2D eigenvalue weighted by atomic mass is 9.86. The van der Waals surface area contributed by atoms with E-state index in [0.29, 0.717) is 34.0 Å². The first-order valence-electron chi connectivity index (χ1n) is 10.5.